The summed E-state index contributed by atoms with van der Waals surface area (Å²) >= 11 is 0. The molecule has 1 heterocycles. The number of hydrogen-bond donors (Lipinski definition) is 1. The van der Waals surface area contributed by atoms with E-state index in [0.717, 1.165) is 16.5 Å². The SMILES string of the molecule is C=C(C)COC(=O)c1ccc2cn[nH]c2c1. The second kappa shape index (κ2) is 4.18. The minimum Gasteiger partial charge on any atom is -0.458 e. The minimum absolute atomic E-state index is 0.250. The maximum atomic E-state index is 11.6. The van der Waals surface area contributed by atoms with E-state index in [-0.39, 0.29) is 12.6 Å². The van der Waals surface area contributed by atoms with Crippen molar-refractivity contribution in [3.8, 4) is 0 Å². The summed E-state index contributed by atoms with van der Waals surface area (Å²) in [5.74, 6) is -0.348. The molecule has 0 radical (unpaired) electrons. The second-order valence-corrected chi connectivity index (χ2v) is 3.71. The Kier molecular flexibility index (Phi) is 2.72. The van der Waals surface area contributed by atoms with E-state index in [1.165, 1.54) is 0 Å². The number of aromatic amines is 1. The largest absolute Gasteiger partial charge is 0.458 e. The first-order valence-corrected chi connectivity index (χ1v) is 4.91. The molecule has 4 heteroatoms. The Bertz CT molecular complexity index is 543. The number of hydrogen-bond acceptors (Lipinski definition) is 3. The molecular formula is C12H12N2O2. The van der Waals surface area contributed by atoms with E-state index in [9.17, 15) is 4.79 Å². The molecule has 0 atom stereocenters. The molecule has 0 aliphatic rings. The average molecular weight is 216 g/mol. The van der Waals surface area contributed by atoms with Gasteiger partial charge in [0.25, 0.3) is 0 Å². The van der Waals surface area contributed by atoms with E-state index in [2.05, 4.69) is 16.8 Å². The maximum absolute atomic E-state index is 11.6. The number of nitrogens with one attached hydrogen (secondary N) is 1. The molecule has 0 amide bonds. The first kappa shape index (κ1) is 10.4. The number of ether oxygens (including phenoxy) is 1. The van der Waals surface area contributed by atoms with Crippen molar-refractivity contribution in [3.63, 3.8) is 0 Å². The molecule has 0 aliphatic carbocycles. The van der Waals surface area contributed by atoms with Crippen molar-refractivity contribution in [2.75, 3.05) is 6.61 Å². The number of fused-ring (bicyclic) bond motifs is 1. The molecule has 0 saturated carbocycles. The molecule has 4 nitrogen and oxygen atoms in total. The monoisotopic (exact) mass is 216 g/mol. The van der Waals surface area contributed by atoms with E-state index in [4.69, 9.17) is 4.74 Å². The van der Waals surface area contributed by atoms with Gasteiger partial charge in [-0.15, -0.1) is 0 Å². The first-order chi connectivity index (χ1) is 7.66. The fourth-order valence-corrected chi connectivity index (χ4v) is 1.34. The topological polar surface area (TPSA) is 55.0 Å². The van der Waals surface area contributed by atoms with Crippen LogP contribution >= 0.6 is 0 Å². The molecule has 2 aromatic rings. The number of H-pyrrole nitrogens is 1. The van der Waals surface area contributed by atoms with E-state index in [1.807, 2.05) is 13.0 Å². The lowest BCUT2D eigenvalue weighted by Crippen LogP contribution is -2.06. The Labute approximate surface area is 92.9 Å². The van der Waals surface area contributed by atoms with Crippen LogP contribution in [0.2, 0.25) is 0 Å². The summed E-state index contributed by atoms with van der Waals surface area (Å²) in [6, 6.07) is 5.28. The highest BCUT2D eigenvalue weighted by molar-refractivity contribution is 5.94. The number of carbonyl (C=O) groups excluding carboxylic acids is 1. The van der Waals surface area contributed by atoms with E-state index in [0.29, 0.717) is 5.56 Å². The minimum atomic E-state index is -0.348. The predicted molar refractivity (Wildman–Crippen MR) is 61.2 cm³/mol. The molecule has 0 saturated heterocycles. The van der Waals surface area contributed by atoms with Crippen LogP contribution in [0, 0.1) is 0 Å². The third kappa shape index (κ3) is 2.11. The molecule has 0 aliphatic heterocycles. The van der Waals surface area contributed by atoms with Gasteiger partial charge in [0, 0.05) is 5.39 Å². The van der Waals surface area contributed by atoms with Crippen molar-refractivity contribution in [1.82, 2.24) is 10.2 Å². The Balaban J connectivity index is 2.19. The summed E-state index contributed by atoms with van der Waals surface area (Å²) in [7, 11) is 0. The number of carbonyl (C=O) groups is 1. The van der Waals surface area contributed by atoms with Gasteiger partial charge in [-0.1, -0.05) is 12.6 Å². The third-order valence-corrected chi connectivity index (χ3v) is 2.13. The molecular weight excluding hydrogens is 204 g/mol. The third-order valence-electron chi connectivity index (χ3n) is 2.13. The van der Waals surface area contributed by atoms with Gasteiger partial charge >= 0.3 is 5.97 Å². The number of nitrogens with zero attached hydrogens (tertiary/aromatic N) is 1. The zero-order valence-corrected chi connectivity index (χ0v) is 8.99. The lowest BCUT2D eigenvalue weighted by molar-refractivity contribution is 0.0540. The molecule has 0 bridgehead atoms. The van der Waals surface area contributed by atoms with Crippen molar-refractivity contribution in [1.29, 1.82) is 0 Å². The molecule has 16 heavy (non-hydrogen) atoms. The first-order valence-electron chi connectivity index (χ1n) is 4.91. The van der Waals surface area contributed by atoms with Gasteiger partial charge in [0.1, 0.15) is 6.61 Å². The van der Waals surface area contributed by atoms with Crippen LogP contribution in [-0.4, -0.2) is 22.8 Å². The highest BCUT2D eigenvalue weighted by Gasteiger charge is 2.08. The van der Waals surface area contributed by atoms with Gasteiger partial charge in [0.05, 0.1) is 17.3 Å². The zero-order valence-electron chi connectivity index (χ0n) is 8.99. The molecule has 82 valence electrons. The Morgan fingerprint density at radius 2 is 2.38 bits per heavy atom. The number of benzene rings is 1. The van der Waals surface area contributed by atoms with Gasteiger partial charge < -0.3 is 4.74 Å². The van der Waals surface area contributed by atoms with Crippen molar-refractivity contribution < 1.29 is 9.53 Å². The molecule has 1 aromatic carbocycles. The van der Waals surface area contributed by atoms with E-state index in [1.54, 1.807) is 18.3 Å². The van der Waals surface area contributed by atoms with Crippen LogP contribution in [0.5, 0.6) is 0 Å². The van der Waals surface area contributed by atoms with Gasteiger partial charge in [0.2, 0.25) is 0 Å². The zero-order chi connectivity index (χ0) is 11.5. The van der Waals surface area contributed by atoms with Crippen LogP contribution in [0.25, 0.3) is 10.9 Å². The molecule has 2 rings (SSSR count). The van der Waals surface area contributed by atoms with Gasteiger partial charge in [-0.2, -0.15) is 5.10 Å². The van der Waals surface area contributed by atoms with E-state index >= 15 is 0 Å². The summed E-state index contributed by atoms with van der Waals surface area (Å²) in [6.45, 7) is 5.73. The van der Waals surface area contributed by atoms with Crippen molar-refractivity contribution in [2.45, 2.75) is 6.92 Å². The molecule has 0 fully saturated rings. The fourth-order valence-electron chi connectivity index (χ4n) is 1.34. The normalized spacial score (nSPS) is 10.3. The Hall–Kier alpha value is -2.10. The van der Waals surface area contributed by atoms with Gasteiger partial charge in [0.15, 0.2) is 0 Å². The predicted octanol–water partition coefficient (Wildman–Crippen LogP) is 2.30. The molecule has 0 unspecified atom stereocenters. The number of esters is 1. The quantitative estimate of drug-likeness (QED) is 0.632. The molecule has 1 N–H and O–H groups in total. The van der Waals surface area contributed by atoms with Crippen LogP contribution in [0.3, 0.4) is 0 Å². The van der Waals surface area contributed by atoms with Crippen LogP contribution in [0.1, 0.15) is 17.3 Å². The molecule has 1 aromatic heterocycles. The summed E-state index contributed by atoms with van der Waals surface area (Å²) in [5, 5.41) is 7.66. The van der Waals surface area contributed by atoms with Crippen LogP contribution in [-0.2, 0) is 4.74 Å². The summed E-state index contributed by atoms with van der Waals surface area (Å²) < 4.78 is 5.04. The van der Waals surface area contributed by atoms with Gasteiger partial charge in [-0.05, 0) is 24.6 Å². The van der Waals surface area contributed by atoms with Crippen molar-refractivity contribution >= 4 is 16.9 Å². The van der Waals surface area contributed by atoms with Crippen LogP contribution < -0.4 is 0 Å². The van der Waals surface area contributed by atoms with Crippen molar-refractivity contribution in [2.24, 2.45) is 0 Å². The van der Waals surface area contributed by atoms with Crippen LogP contribution in [0.15, 0.2) is 36.5 Å². The van der Waals surface area contributed by atoms with Crippen LogP contribution in [0.4, 0.5) is 0 Å². The fraction of sp³-hybridized carbons (Fsp3) is 0.167. The Morgan fingerprint density at radius 1 is 1.56 bits per heavy atom. The number of rotatable bonds is 3. The summed E-state index contributed by atoms with van der Waals surface area (Å²) in [4.78, 5) is 11.6. The average Bonchev–Trinajstić information content (AvgIpc) is 2.72. The summed E-state index contributed by atoms with van der Waals surface area (Å²) in [6.07, 6.45) is 1.71. The van der Waals surface area contributed by atoms with Gasteiger partial charge in [-0.3, -0.25) is 5.10 Å². The lowest BCUT2D eigenvalue weighted by atomic mass is 10.2. The smallest absolute Gasteiger partial charge is 0.338 e. The standard InChI is InChI=1S/C12H12N2O2/c1-8(2)7-16-12(15)9-3-4-10-6-13-14-11(10)5-9/h3-6H,1,7H2,2H3,(H,13,14). The van der Waals surface area contributed by atoms with Gasteiger partial charge in [-0.25, -0.2) is 4.79 Å². The number of aromatic nitrogens is 2. The molecule has 0 spiro atoms. The Morgan fingerprint density at radius 3 is 3.12 bits per heavy atom. The maximum Gasteiger partial charge on any atom is 0.338 e. The lowest BCUT2D eigenvalue weighted by Gasteiger charge is -2.03. The highest BCUT2D eigenvalue weighted by atomic mass is 16.5. The second-order valence-electron chi connectivity index (χ2n) is 3.71. The van der Waals surface area contributed by atoms with Crippen molar-refractivity contribution in [3.05, 3.63) is 42.1 Å². The highest BCUT2D eigenvalue weighted by Crippen LogP contribution is 2.13. The summed E-state index contributed by atoms with van der Waals surface area (Å²) in [5.41, 5.74) is 2.15. The van der Waals surface area contributed by atoms with E-state index < -0.39 is 0 Å².